The second-order valence-corrected chi connectivity index (χ2v) is 11.8. The van der Waals surface area contributed by atoms with Gasteiger partial charge in [0.25, 0.3) is 0 Å². The predicted octanol–water partition coefficient (Wildman–Crippen LogP) is 6.42. The Hall–Kier alpha value is -3.97. The summed E-state index contributed by atoms with van der Waals surface area (Å²) in [6.07, 6.45) is 1.42. The van der Waals surface area contributed by atoms with Crippen LogP contribution in [0.1, 0.15) is 66.8 Å². The molecule has 1 aliphatic carbocycles. The van der Waals surface area contributed by atoms with Gasteiger partial charge < -0.3 is 20.5 Å². The van der Waals surface area contributed by atoms with Crippen molar-refractivity contribution in [3.8, 4) is 5.75 Å². The number of carbonyl (C=O) groups is 3. The van der Waals surface area contributed by atoms with E-state index in [4.69, 9.17) is 4.74 Å². The highest BCUT2D eigenvalue weighted by molar-refractivity contribution is 6.10. The number of nitrogens with one attached hydrogen (secondary N) is 2. The van der Waals surface area contributed by atoms with Crippen LogP contribution in [-0.2, 0) is 14.4 Å². The van der Waals surface area contributed by atoms with Gasteiger partial charge in [-0.15, -0.1) is 0 Å². The topological polar surface area (TPSA) is 105 Å². The Bertz CT molecular complexity index is 1480. The van der Waals surface area contributed by atoms with Crippen LogP contribution in [0.25, 0.3) is 0 Å². The summed E-state index contributed by atoms with van der Waals surface area (Å²) in [5.74, 6) is -4.23. The minimum absolute atomic E-state index is 0.335. The lowest BCUT2D eigenvalue weighted by molar-refractivity contribution is -0.150. The van der Waals surface area contributed by atoms with E-state index in [-0.39, 0.29) is 6.42 Å². The number of aryl methyl sites for hydroxylation is 4. The van der Waals surface area contributed by atoms with Crippen molar-refractivity contribution >= 4 is 29.0 Å². The molecule has 1 fully saturated rings. The zero-order valence-electron chi connectivity index (χ0n) is 25.4. The molecule has 0 saturated heterocycles. The molecule has 4 atom stereocenters. The van der Waals surface area contributed by atoms with Crippen LogP contribution in [0.3, 0.4) is 0 Å². The Kier molecular flexibility index (Phi) is 9.52. The van der Waals surface area contributed by atoms with Crippen LogP contribution in [0.4, 0.5) is 11.4 Å². The number of unbranched alkanes of at least 4 members (excludes halogenated alkanes) is 1. The molecular formula is C35H42N2O5. The monoisotopic (exact) mass is 570 g/mol. The number of rotatable bonds is 9. The van der Waals surface area contributed by atoms with Crippen LogP contribution in [0.2, 0.25) is 0 Å². The summed E-state index contributed by atoms with van der Waals surface area (Å²) < 4.78 is 6.14. The van der Waals surface area contributed by atoms with Crippen LogP contribution in [0, 0.1) is 39.5 Å². The molecule has 4 rings (SSSR count). The van der Waals surface area contributed by atoms with E-state index in [0.717, 1.165) is 35.1 Å². The van der Waals surface area contributed by atoms with E-state index < -0.39 is 41.0 Å². The number of carbonyl (C=O) groups excluding carboxylic acids is 3. The van der Waals surface area contributed by atoms with E-state index in [1.807, 2.05) is 70.2 Å². The molecule has 1 aliphatic rings. The van der Waals surface area contributed by atoms with Gasteiger partial charge in [0.2, 0.25) is 11.8 Å². The number of ether oxygens (including phenoxy) is 1. The SMILES string of the molecule is CCCCOc1ccccc1C1C(C(=O)Nc2ccc(C)cc2C)C(=O)CC(C)(O)C1C(=O)Nc1ccc(C)cc1C. The molecule has 0 aliphatic heterocycles. The highest BCUT2D eigenvalue weighted by atomic mass is 16.5. The van der Waals surface area contributed by atoms with Gasteiger partial charge in [0.15, 0.2) is 0 Å². The normalized spacial score (nSPS) is 22.0. The highest BCUT2D eigenvalue weighted by Crippen LogP contribution is 2.49. The van der Waals surface area contributed by atoms with Crippen molar-refractivity contribution in [3.63, 3.8) is 0 Å². The molecule has 0 heterocycles. The van der Waals surface area contributed by atoms with Crippen LogP contribution in [0.5, 0.6) is 5.75 Å². The predicted molar refractivity (Wildman–Crippen MR) is 166 cm³/mol. The molecule has 3 aromatic carbocycles. The molecule has 0 radical (unpaired) electrons. The van der Waals surface area contributed by atoms with Gasteiger partial charge in [-0.1, -0.05) is 66.9 Å². The smallest absolute Gasteiger partial charge is 0.235 e. The van der Waals surface area contributed by atoms with Gasteiger partial charge >= 0.3 is 0 Å². The Balaban J connectivity index is 1.82. The number of ketones is 1. The molecule has 3 N–H and O–H groups in total. The third-order valence-electron chi connectivity index (χ3n) is 8.15. The summed E-state index contributed by atoms with van der Waals surface area (Å²) in [5.41, 5.74) is 3.88. The van der Waals surface area contributed by atoms with Crippen LogP contribution in [0.15, 0.2) is 60.7 Å². The molecule has 4 unspecified atom stereocenters. The van der Waals surface area contributed by atoms with Gasteiger partial charge in [-0.05, 0) is 75.9 Å². The molecule has 0 spiro atoms. The van der Waals surface area contributed by atoms with Crippen molar-refractivity contribution < 1.29 is 24.2 Å². The van der Waals surface area contributed by atoms with Crippen LogP contribution in [-0.4, -0.2) is 34.9 Å². The first-order valence-electron chi connectivity index (χ1n) is 14.7. The minimum Gasteiger partial charge on any atom is -0.493 e. The van der Waals surface area contributed by atoms with E-state index >= 15 is 0 Å². The molecule has 222 valence electrons. The zero-order chi connectivity index (χ0) is 30.6. The van der Waals surface area contributed by atoms with E-state index in [2.05, 4.69) is 17.6 Å². The summed E-state index contributed by atoms with van der Waals surface area (Å²) in [6.45, 7) is 11.8. The Labute approximate surface area is 248 Å². The summed E-state index contributed by atoms with van der Waals surface area (Å²) in [6, 6.07) is 18.6. The Morgan fingerprint density at radius 2 is 1.48 bits per heavy atom. The lowest BCUT2D eigenvalue weighted by Gasteiger charge is -2.44. The van der Waals surface area contributed by atoms with E-state index in [0.29, 0.717) is 29.3 Å². The third kappa shape index (κ3) is 6.73. The summed E-state index contributed by atoms with van der Waals surface area (Å²) >= 11 is 0. The van der Waals surface area contributed by atoms with Crippen molar-refractivity contribution in [3.05, 3.63) is 88.5 Å². The van der Waals surface area contributed by atoms with Gasteiger partial charge in [0, 0.05) is 23.7 Å². The fraction of sp³-hybridized carbons (Fsp3) is 0.400. The maximum atomic E-state index is 14.1. The van der Waals surface area contributed by atoms with Gasteiger partial charge in [-0.25, -0.2) is 0 Å². The third-order valence-corrected chi connectivity index (χ3v) is 8.15. The van der Waals surface area contributed by atoms with Crippen molar-refractivity contribution in [2.75, 3.05) is 17.2 Å². The molecule has 3 aromatic rings. The zero-order valence-corrected chi connectivity index (χ0v) is 25.4. The molecule has 1 saturated carbocycles. The lowest BCUT2D eigenvalue weighted by atomic mass is 9.61. The fourth-order valence-corrected chi connectivity index (χ4v) is 6.01. The van der Waals surface area contributed by atoms with E-state index in [9.17, 15) is 19.5 Å². The molecule has 0 aromatic heterocycles. The molecule has 7 nitrogen and oxygen atoms in total. The fourth-order valence-electron chi connectivity index (χ4n) is 6.01. The number of para-hydroxylation sites is 1. The maximum absolute atomic E-state index is 14.1. The number of hydrogen-bond acceptors (Lipinski definition) is 5. The number of anilines is 2. The van der Waals surface area contributed by atoms with Crippen LogP contribution < -0.4 is 15.4 Å². The second-order valence-electron chi connectivity index (χ2n) is 11.8. The standard InChI is InChI=1S/C35H42N2O5/c1-7-8-17-42-29-12-10-9-11-25(29)30-31(33(39)36-26-15-13-21(2)18-23(26)4)28(38)20-35(6,41)32(30)34(40)37-27-16-14-22(3)19-24(27)5/h9-16,18-19,30-32,41H,7-8,17,20H2,1-6H3,(H,36,39)(H,37,40). The average Bonchev–Trinajstić information content (AvgIpc) is 2.91. The quantitative estimate of drug-likeness (QED) is 0.204. The second kappa shape index (κ2) is 12.9. The first kappa shape index (κ1) is 31.0. The lowest BCUT2D eigenvalue weighted by Crippen LogP contribution is -2.56. The summed E-state index contributed by atoms with van der Waals surface area (Å²) in [4.78, 5) is 41.9. The van der Waals surface area contributed by atoms with Gasteiger partial charge in [0.05, 0.1) is 18.1 Å². The summed E-state index contributed by atoms with van der Waals surface area (Å²) in [7, 11) is 0. The maximum Gasteiger partial charge on any atom is 0.235 e. The largest absolute Gasteiger partial charge is 0.493 e. The molecule has 0 bridgehead atoms. The van der Waals surface area contributed by atoms with Crippen molar-refractivity contribution in [1.82, 2.24) is 0 Å². The Morgan fingerprint density at radius 3 is 2.05 bits per heavy atom. The first-order valence-corrected chi connectivity index (χ1v) is 14.7. The van der Waals surface area contributed by atoms with Crippen molar-refractivity contribution in [2.24, 2.45) is 11.8 Å². The Morgan fingerprint density at radius 1 is 0.905 bits per heavy atom. The molecular weight excluding hydrogens is 528 g/mol. The number of amides is 2. The number of benzene rings is 3. The van der Waals surface area contributed by atoms with Crippen LogP contribution >= 0.6 is 0 Å². The van der Waals surface area contributed by atoms with Crippen molar-refractivity contribution in [2.45, 2.75) is 72.3 Å². The first-order chi connectivity index (χ1) is 19.9. The summed E-state index contributed by atoms with van der Waals surface area (Å²) in [5, 5.41) is 17.7. The number of aliphatic hydroxyl groups is 1. The molecule has 2 amide bonds. The minimum atomic E-state index is -1.71. The van der Waals surface area contributed by atoms with Gasteiger partial charge in [-0.2, -0.15) is 0 Å². The number of Topliss-reactive ketones (excluding diaryl/α,β-unsaturated/α-hetero) is 1. The highest BCUT2D eigenvalue weighted by Gasteiger charge is 2.56. The average molecular weight is 571 g/mol. The van der Waals surface area contributed by atoms with Crippen molar-refractivity contribution in [1.29, 1.82) is 0 Å². The molecule has 7 heteroatoms. The van der Waals surface area contributed by atoms with E-state index in [1.54, 1.807) is 18.2 Å². The molecule has 42 heavy (non-hydrogen) atoms. The van der Waals surface area contributed by atoms with E-state index in [1.165, 1.54) is 6.92 Å². The van der Waals surface area contributed by atoms with Gasteiger partial charge in [0.1, 0.15) is 17.5 Å². The van der Waals surface area contributed by atoms with Gasteiger partial charge in [-0.3, -0.25) is 14.4 Å². The number of hydrogen-bond donors (Lipinski definition) is 3.